The molecule has 0 aromatic rings. The molecule has 0 saturated heterocycles. The molecule has 0 N–H and O–H groups in total. The summed E-state index contributed by atoms with van der Waals surface area (Å²) in [4.78, 5) is 11.5. The molecule has 0 aromatic carbocycles. The summed E-state index contributed by atoms with van der Waals surface area (Å²) in [5.74, 6) is -0.268. The lowest BCUT2D eigenvalue weighted by molar-refractivity contribution is -0.156. The number of carbonyl (C=O) groups excluding carboxylic acids is 1. The molecule has 0 radical (unpaired) electrons. The second-order valence-electron chi connectivity index (χ2n) is 8.54. The third-order valence-corrected chi connectivity index (χ3v) is 4.08. The van der Waals surface area contributed by atoms with Gasteiger partial charge in [0.25, 0.3) is 0 Å². The Hall–Kier alpha value is -1.60. The summed E-state index contributed by atoms with van der Waals surface area (Å²) in [5, 5.41) is 12.2. The van der Waals surface area contributed by atoms with Crippen molar-refractivity contribution in [1.82, 2.24) is 0 Å². The van der Waals surface area contributed by atoms with Gasteiger partial charge in [-0.05, 0) is 20.8 Å². The maximum atomic E-state index is 11.5. The summed E-state index contributed by atoms with van der Waals surface area (Å²) in [6.07, 6.45) is 0.230. The van der Waals surface area contributed by atoms with E-state index < -0.39 is 5.60 Å². The fourth-order valence-electron chi connectivity index (χ4n) is 2.45. The first-order valence-corrected chi connectivity index (χ1v) is 12.9. The number of hydrogen-bond acceptors (Lipinski definition) is 12. The zero-order valence-electron chi connectivity index (χ0n) is 23.3. The molecule has 0 unspecified atom stereocenters. The number of rotatable bonds is 28. The Labute approximate surface area is 226 Å². The maximum Gasteiger partial charge on any atom is 0.326 e. The summed E-state index contributed by atoms with van der Waals surface area (Å²) in [6, 6.07) is 2.14. The van der Waals surface area contributed by atoms with Gasteiger partial charge in [0, 0.05) is 5.01 Å². The van der Waals surface area contributed by atoms with Crippen molar-refractivity contribution in [2.24, 2.45) is 0 Å². The van der Waals surface area contributed by atoms with Crippen molar-refractivity contribution in [2.75, 3.05) is 119 Å². The molecule has 0 spiro atoms. The highest BCUT2D eigenvalue weighted by atomic mass is 16.6. The van der Waals surface area contributed by atoms with Gasteiger partial charge in [0.2, 0.25) is 0 Å². The van der Waals surface area contributed by atoms with E-state index in [1.54, 1.807) is 0 Å². The summed E-state index contributed by atoms with van der Waals surface area (Å²) >= 11 is 0. The Balaban J connectivity index is 3.10. The van der Waals surface area contributed by atoms with Gasteiger partial charge < -0.3 is 52.6 Å². The van der Waals surface area contributed by atoms with Crippen LogP contribution in [0.1, 0.15) is 27.2 Å². The van der Waals surface area contributed by atoms with Crippen LogP contribution in [-0.4, -0.2) is 130 Å². The maximum absolute atomic E-state index is 11.5. The minimum atomic E-state index is -0.474. The minimum Gasteiger partial charge on any atom is -0.498 e. The van der Waals surface area contributed by atoms with Crippen LogP contribution in [0.5, 0.6) is 0 Å². The van der Waals surface area contributed by atoms with Crippen LogP contribution in [0.25, 0.3) is 5.01 Å². The Morgan fingerprint density at radius 2 is 0.842 bits per heavy atom. The van der Waals surface area contributed by atoms with E-state index in [0.717, 1.165) is 0 Å². The quantitative estimate of drug-likeness (QED) is 0.0792. The van der Waals surface area contributed by atoms with E-state index in [0.29, 0.717) is 112 Å². The predicted octanol–water partition coefficient (Wildman–Crippen LogP) is 1.70. The molecule has 13 heteroatoms. The van der Waals surface area contributed by atoms with Crippen LogP contribution in [-0.2, 0) is 52.2 Å². The van der Waals surface area contributed by atoms with Crippen molar-refractivity contribution >= 4 is 5.97 Å². The first-order chi connectivity index (χ1) is 18.5. The molecule has 0 aliphatic rings. The molecule has 0 aliphatic heterocycles. The summed E-state index contributed by atoms with van der Waals surface area (Å²) in [5.41, 5.74) is -0.474. The van der Waals surface area contributed by atoms with Crippen molar-refractivity contribution in [3.63, 3.8) is 0 Å². The van der Waals surface area contributed by atoms with Gasteiger partial charge in [0.15, 0.2) is 6.61 Å². The molecule has 0 amide bonds. The molecular weight excluding hydrogens is 506 g/mol. The van der Waals surface area contributed by atoms with E-state index in [9.17, 15) is 10.0 Å². The highest BCUT2D eigenvalue weighted by Crippen LogP contribution is 2.08. The zero-order chi connectivity index (χ0) is 28.0. The second-order valence-corrected chi connectivity index (χ2v) is 8.54. The lowest BCUT2D eigenvalue weighted by Gasteiger charge is -2.19. The highest BCUT2D eigenvalue weighted by Gasteiger charge is 2.15. The number of nitrogens with zero attached hydrogens (tertiary/aromatic N) is 1. The van der Waals surface area contributed by atoms with Gasteiger partial charge in [-0.25, -0.2) is 0 Å². The molecule has 0 fully saturated rings. The fourth-order valence-corrected chi connectivity index (χ4v) is 2.45. The van der Waals surface area contributed by atoms with E-state index in [1.807, 2.05) is 20.8 Å². The van der Waals surface area contributed by atoms with Crippen molar-refractivity contribution in [2.45, 2.75) is 32.8 Å². The molecule has 0 aromatic heterocycles. The van der Waals surface area contributed by atoms with Gasteiger partial charge in [-0.3, -0.25) is 4.79 Å². The number of ether oxygens (including phenoxy) is 10. The first-order valence-electron chi connectivity index (χ1n) is 12.9. The predicted molar refractivity (Wildman–Crippen MR) is 138 cm³/mol. The van der Waals surface area contributed by atoms with Crippen molar-refractivity contribution in [1.29, 1.82) is 0 Å². The van der Waals surface area contributed by atoms with Crippen molar-refractivity contribution < 1.29 is 52.2 Å². The van der Waals surface area contributed by atoms with Gasteiger partial charge in [-0.2, -0.15) is 0 Å². The molecule has 38 heavy (non-hydrogen) atoms. The molecule has 0 heterocycles. The normalized spacial score (nSPS) is 11.3. The third-order valence-electron chi connectivity index (χ3n) is 4.08. The Kier molecular flexibility index (Phi) is 27.2. The number of carbonyl (C=O) groups is 1. The van der Waals surface area contributed by atoms with Crippen LogP contribution in [0, 0.1) is 11.3 Å². The molecule has 0 rings (SSSR count). The van der Waals surface area contributed by atoms with Crippen LogP contribution < -0.4 is 0 Å². The molecule has 0 saturated carbocycles. The lowest BCUT2D eigenvalue weighted by Crippen LogP contribution is -2.24. The van der Waals surface area contributed by atoms with Crippen molar-refractivity contribution in [3.8, 4) is 6.07 Å². The Bertz CT molecular complexity index is 577. The Morgan fingerprint density at radius 3 is 1.13 bits per heavy atom. The van der Waals surface area contributed by atoms with E-state index in [1.165, 1.54) is 0 Å². The van der Waals surface area contributed by atoms with Crippen LogP contribution in [0.2, 0.25) is 0 Å². The minimum absolute atomic E-state index is 0.0732. The smallest absolute Gasteiger partial charge is 0.326 e. The third kappa shape index (κ3) is 32.4. The van der Waals surface area contributed by atoms with E-state index >= 15 is 0 Å². The first kappa shape index (κ1) is 36.4. The topological polar surface area (TPSA) is 137 Å². The molecule has 224 valence electrons. The average molecular weight is 554 g/mol. The lowest BCUT2D eigenvalue weighted by atomic mass is 10.2. The van der Waals surface area contributed by atoms with E-state index in [2.05, 4.69) is 11.1 Å². The van der Waals surface area contributed by atoms with Gasteiger partial charge in [-0.15, -0.1) is 0 Å². The van der Waals surface area contributed by atoms with Crippen LogP contribution in [0.4, 0.5) is 0 Å². The zero-order valence-corrected chi connectivity index (χ0v) is 23.3. The monoisotopic (exact) mass is 553 g/mol. The van der Waals surface area contributed by atoms with Crippen LogP contribution in [0.15, 0.2) is 0 Å². The average Bonchev–Trinajstić information content (AvgIpc) is 2.86. The number of esters is 1. The van der Waals surface area contributed by atoms with Gasteiger partial charge in [0.1, 0.15) is 5.60 Å². The standard InChI is InChI=1S/C25H47NO12/c1-25(2,3)38-24(27)4-6-29-8-10-31-12-14-33-16-18-35-20-22-37-23-21-36-19-17-34-15-13-32-11-9-30-7-5-26-28/h4,6-23H2,1-3H3. The van der Waals surface area contributed by atoms with E-state index in [4.69, 9.17) is 47.4 Å². The fraction of sp³-hybridized carbons (Fsp3) is 0.920. The van der Waals surface area contributed by atoms with Gasteiger partial charge in [-0.1, -0.05) is 0 Å². The van der Waals surface area contributed by atoms with Gasteiger partial charge in [0.05, 0.1) is 119 Å². The molecule has 0 atom stereocenters. The summed E-state index contributed by atoms with van der Waals surface area (Å²) in [7, 11) is 0. The molecule has 0 bridgehead atoms. The molecule has 13 nitrogen and oxygen atoms in total. The molecule has 0 aliphatic carbocycles. The SMILES string of the molecule is CC(C)(C)OC(=O)CCOCCOCCOCCOCCOCCOCCOCCOCCOCC#[N+][O-]. The van der Waals surface area contributed by atoms with Crippen LogP contribution >= 0.6 is 0 Å². The summed E-state index contributed by atoms with van der Waals surface area (Å²) < 4.78 is 53.3. The number of hydrogen-bond donors (Lipinski definition) is 0. The summed E-state index contributed by atoms with van der Waals surface area (Å²) in [6.45, 7) is 13.3. The molecular formula is C25H47NO12. The van der Waals surface area contributed by atoms with Crippen molar-refractivity contribution in [3.05, 3.63) is 10.2 Å². The van der Waals surface area contributed by atoms with E-state index in [-0.39, 0.29) is 19.0 Å². The second kappa shape index (κ2) is 28.4. The highest BCUT2D eigenvalue weighted by molar-refractivity contribution is 5.69. The van der Waals surface area contributed by atoms with Gasteiger partial charge >= 0.3 is 12.0 Å². The largest absolute Gasteiger partial charge is 0.498 e. The Morgan fingerprint density at radius 1 is 0.553 bits per heavy atom. The van der Waals surface area contributed by atoms with Crippen LogP contribution in [0.3, 0.4) is 0 Å².